The van der Waals surface area contributed by atoms with E-state index < -0.39 is 11.7 Å². The van der Waals surface area contributed by atoms with Crippen molar-refractivity contribution in [1.82, 2.24) is 10.2 Å². The summed E-state index contributed by atoms with van der Waals surface area (Å²) >= 11 is 2.31. The Morgan fingerprint density at radius 2 is 2.04 bits per heavy atom. The zero-order chi connectivity index (χ0) is 16.9. The summed E-state index contributed by atoms with van der Waals surface area (Å²) in [6.45, 7) is 1.89. The fourth-order valence-corrected chi connectivity index (χ4v) is 3.56. The van der Waals surface area contributed by atoms with Gasteiger partial charge in [-0.15, -0.1) is 10.2 Å². The summed E-state index contributed by atoms with van der Waals surface area (Å²) in [7, 11) is 0. The third kappa shape index (κ3) is 5.21. The van der Waals surface area contributed by atoms with Crippen LogP contribution in [0.15, 0.2) is 28.6 Å². The van der Waals surface area contributed by atoms with Gasteiger partial charge in [-0.25, -0.2) is 0 Å². The van der Waals surface area contributed by atoms with Crippen LogP contribution in [0.3, 0.4) is 0 Å². The van der Waals surface area contributed by atoms with Gasteiger partial charge < -0.3 is 5.32 Å². The molecule has 0 saturated carbocycles. The Balaban J connectivity index is 2.00. The van der Waals surface area contributed by atoms with Gasteiger partial charge in [-0.3, -0.25) is 4.79 Å². The maximum atomic E-state index is 12.9. The van der Waals surface area contributed by atoms with Crippen LogP contribution in [0.1, 0.15) is 30.9 Å². The smallest absolute Gasteiger partial charge is 0.301 e. The van der Waals surface area contributed by atoms with Crippen molar-refractivity contribution in [2.75, 3.05) is 5.32 Å². The van der Waals surface area contributed by atoms with Crippen molar-refractivity contribution in [3.63, 3.8) is 0 Å². The topological polar surface area (TPSA) is 54.9 Å². The lowest BCUT2D eigenvalue weighted by Gasteiger charge is -2.11. The number of halogens is 3. The molecule has 2 rings (SSSR count). The number of carbonyl (C=O) groups is 1. The Bertz CT molecular complexity index is 673. The molecule has 1 heterocycles. The normalized spacial score (nSPS) is 11.5. The van der Waals surface area contributed by atoms with Gasteiger partial charge in [-0.05, 0) is 18.1 Å². The number of benzene rings is 1. The second-order valence-corrected chi connectivity index (χ2v) is 6.81. The minimum Gasteiger partial charge on any atom is -0.301 e. The number of nitrogens with one attached hydrogen (secondary N) is 1. The van der Waals surface area contributed by atoms with Crippen LogP contribution in [0, 0.1) is 0 Å². The molecule has 1 N–H and O–H groups in total. The van der Waals surface area contributed by atoms with E-state index in [0.29, 0.717) is 15.9 Å². The number of anilines is 1. The monoisotopic (exact) mass is 361 g/mol. The average molecular weight is 361 g/mol. The quantitative estimate of drug-likeness (QED) is 0.604. The van der Waals surface area contributed by atoms with Crippen molar-refractivity contribution < 1.29 is 18.0 Å². The highest BCUT2D eigenvalue weighted by atomic mass is 32.2. The first kappa shape index (κ1) is 17.7. The number of amides is 1. The van der Waals surface area contributed by atoms with E-state index in [2.05, 4.69) is 15.5 Å². The molecule has 0 fully saturated rings. The van der Waals surface area contributed by atoms with E-state index in [0.717, 1.165) is 35.6 Å². The first-order valence-electron chi connectivity index (χ1n) is 6.81. The van der Waals surface area contributed by atoms with Crippen LogP contribution in [0.25, 0.3) is 0 Å². The van der Waals surface area contributed by atoms with Gasteiger partial charge in [0.2, 0.25) is 11.0 Å². The van der Waals surface area contributed by atoms with Crippen molar-refractivity contribution in [2.24, 2.45) is 0 Å². The van der Waals surface area contributed by atoms with Crippen LogP contribution in [-0.2, 0) is 16.7 Å². The molecule has 9 heteroatoms. The fourth-order valence-electron chi connectivity index (χ4n) is 1.79. The molecule has 23 heavy (non-hydrogen) atoms. The van der Waals surface area contributed by atoms with E-state index in [1.165, 1.54) is 12.1 Å². The molecule has 1 aromatic carbocycles. The first-order valence-corrected chi connectivity index (χ1v) is 8.61. The van der Waals surface area contributed by atoms with Gasteiger partial charge in [-0.2, -0.15) is 13.2 Å². The summed E-state index contributed by atoms with van der Waals surface area (Å²) in [4.78, 5) is 11.5. The SMILES string of the molecule is CCCC(=O)Nc1nnc(SCc2ccccc2C(F)(F)F)s1. The second-order valence-electron chi connectivity index (χ2n) is 4.61. The Labute approximate surface area is 139 Å². The number of alkyl halides is 3. The minimum atomic E-state index is -4.38. The lowest BCUT2D eigenvalue weighted by Crippen LogP contribution is -2.10. The van der Waals surface area contributed by atoms with Crippen LogP contribution in [0.4, 0.5) is 18.3 Å². The van der Waals surface area contributed by atoms with Gasteiger partial charge >= 0.3 is 6.18 Å². The maximum Gasteiger partial charge on any atom is 0.416 e. The molecule has 1 aromatic heterocycles. The lowest BCUT2D eigenvalue weighted by atomic mass is 10.1. The van der Waals surface area contributed by atoms with Gasteiger partial charge in [0.25, 0.3) is 0 Å². The third-order valence-electron chi connectivity index (χ3n) is 2.80. The zero-order valence-corrected chi connectivity index (χ0v) is 13.8. The van der Waals surface area contributed by atoms with Crippen molar-refractivity contribution >= 4 is 34.1 Å². The largest absolute Gasteiger partial charge is 0.416 e. The molecule has 0 radical (unpaired) electrons. The molecule has 0 aliphatic rings. The fraction of sp³-hybridized carbons (Fsp3) is 0.357. The van der Waals surface area contributed by atoms with E-state index in [9.17, 15) is 18.0 Å². The van der Waals surface area contributed by atoms with Crippen LogP contribution in [0.5, 0.6) is 0 Å². The molecule has 4 nitrogen and oxygen atoms in total. The molecule has 2 aromatic rings. The van der Waals surface area contributed by atoms with Gasteiger partial charge in [0.15, 0.2) is 4.34 Å². The number of thioether (sulfide) groups is 1. The minimum absolute atomic E-state index is 0.132. The molecular weight excluding hydrogens is 347 g/mol. The van der Waals surface area contributed by atoms with E-state index >= 15 is 0 Å². The van der Waals surface area contributed by atoms with Gasteiger partial charge in [0, 0.05) is 12.2 Å². The number of aromatic nitrogens is 2. The summed E-state index contributed by atoms with van der Waals surface area (Å²) in [6, 6.07) is 5.44. The highest BCUT2D eigenvalue weighted by Crippen LogP contribution is 2.35. The van der Waals surface area contributed by atoms with Crippen molar-refractivity contribution in [3.05, 3.63) is 35.4 Å². The Hall–Kier alpha value is -1.61. The van der Waals surface area contributed by atoms with Gasteiger partial charge in [-0.1, -0.05) is 48.2 Å². The second kappa shape index (κ2) is 7.78. The Morgan fingerprint density at radius 3 is 2.74 bits per heavy atom. The number of nitrogens with zero attached hydrogens (tertiary/aromatic N) is 2. The summed E-state index contributed by atoms with van der Waals surface area (Å²) in [5.74, 6) is -0.0182. The molecule has 0 bridgehead atoms. The summed E-state index contributed by atoms with van der Waals surface area (Å²) in [6.07, 6.45) is -3.26. The van der Waals surface area contributed by atoms with Crippen LogP contribution < -0.4 is 5.32 Å². The number of hydrogen-bond donors (Lipinski definition) is 1. The van der Waals surface area contributed by atoms with Crippen LogP contribution in [0.2, 0.25) is 0 Å². The third-order valence-corrected chi connectivity index (χ3v) is 4.82. The highest BCUT2D eigenvalue weighted by Gasteiger charge is 2.32. The maximum absolute atomic E-state index is 12.9. The summed E-state index contributed by atoms with van der Waals surface area (Å²) in [5.41, 5.74) is -0.453. The molecule has 0 unspecified atom stereocenters. The van der Waals surface area contributed by atoms with Crippen molar-refractivity contribution in [2.45, 2.75) is 36.0 Å². The Morgan fingerprint density at radius 1 is 1.30 bits per heavy atom. The predicted octanol–water partition coefficient (Wildman–Crippen LogP) is 4.59. The summed E-state index contributed by atoms with van der Waals surface area (Å²) in [5, 5.41) is 10.7. The van der Waals surface area contributed by atoms with Crippen LogP contribution >= 0.6 is 23.1 Å². The molecule has 124 valence electrons. The van der Waals surface area contributed by atoms with Gasteiger partial charge in [0.05, 0.1) is 5.56 Å². The molecular formula is C14H14F3N3OS2. The molecule has 0 spiro atoms. The molecule has 0 atom stereocenters. The van der Waals surface area contributed by atoms with Crippen LogP contribution in [-0.4, -0.2) is 16.1 Å². The van der Waals surface area contributed by atoms with E-state index in [1.807, 2.05) is 6.92 Å². The number of hydrogen-bond acceptors (Lipinski definition) is 5. The van der Waals surface area contributed by atoms with Crippen molar-refractivity contribution in [1.29, 1.82) is 0 Å². The van der Waals surface area contributed by atoms with E-state index in [1.54, 1.807) is 6.07 Å². The van der Waals surface area contributed by atoms with Gasteiger partial charge in [0.1, 0.15) is 0 Å². The average Bonchev–Trinajstić information content (AvgIpc) is 2.92. The molecule has 0 saturated heterocycles. The molecule has 0 aliphatic carbocycles. The molecule has 1 amide bonds. The zero-order valence-electron chi connectivity index (χ0n) is 12.2. The predicted molar refractivity (Wildman–Crippen MR) is 84.5 cm³/mol. The molecule has 0 aliphatic heterocycles. The van der Waals surface area contributed by atoms with Crippen molar-refractivity contribution in [3.8, 4) is 0 Å². The first-order chi connectivity index (χ1) is 10.9. The summed E-state index contributed by atoms with van der Waals surface area (Å²) < 4.78 is 39.2. The number of rotatable bonds is 6. The lowest BCUT2D eigenvalue weighted by molar-refractivity contribution is -0.138. The standard InChI is InChI=1S/C14H14F3N3OS2/c1-2-5-11(21)18-12-19-20-13(23-12)22-8-9-6-3-4-7-10(9)14(15,16)17/h3-4,6-7H,2,5,8H2,1H3,(H,18,19,21). The highest BCUT2D eigenvalue weighted by molar-refractivity contribution is 8.00. The Kier molecular flexibility index (Phi) is 6.00. The van der Waals surface area contributed by atoms with E-state index in [-0.39, 0.29) is 17.2 Å². The number of carbonyl (C=O) groups excluding carboxylic acids is 1. The van der Waals surface area contributed by atoms with E-state index in [4.69, 9.17) is 0 Å².